The first-order valence-electron chi connectivity index (χ1n) is 2.56. The van der Waals surface area contributed by atoms with Crippen LogP contribution in [0.2, 0.25) is 0 Å². The van der Waals surface area contributed by atoms with Gasteiger partial charge in [-0.15, -0.1) is 0 Å². The predicted molar refractivity (Wildman–Crippen MR) is 32.6 cm³/mol. The van der Waals surface area contributed by atoms with Gasteiger partial charge in [-0.3, -0.25) is 10.1 Å². The first kappa shape index (κ1) is 9.94. The summed E-state index contributed by atoms with van der Waals surface area (Å²) in [6.07, 6.45) is 0. The van der Waals surface area contributed by atoms with Crippen molar-refractivity contribution in [2.24, 2.45) is 0 Å². The molecule has 4 nitrogen and oxygen atoms in total. The first-order valence-corrected chi connectivity index (χ1v) is 3.05. The van der Waals surface area contributed by atoms with Crippen LogP contribution in [0.4, 0.5) is 5.69 Å². The topological polar surface area (TPSA) is 60.2 Å². The summed E-state index contributed by atoms with van der Waals surface area (Å²) >= 11 is 1.69. The van der Waals surface area contributed by atoms with E-state index in [0.29, 0.717) is 0 Å². The number of nitro groups is 1. The Kier molecular flexibility index (Phi) is 5.15. The molecule has 1 radical (unpaired) electrons. The number of benzene rings is 1. The molecule has 0 bridgehead atoms. The predicted octanol–water partition coefficient (Wildman–Crippen LogP) is 1.27. The Labute approximate surface area is 71.4 Å². The van der Waals surface area contributed by atoms with Crippen molar-refractivity contribution in [2.75, 3.05) is 0 Å². The Morgan fingerprint density at radius 2 is 1.82 bits per heavy atom. The second-order valence-electron chi connectivity index (χ2n) is 1.52. The Balaban J connectivity index is 0.000000461. The van der Waals surface area contributed by atoms with Crippen molar-refractivity contribution in [3.63, 3.8) is 0 Å². The van der Waals surface area contributed by atoms with E-state index in [1.807, 2.05) is 0 Å². The van der Waals surface area contributed by atoms with E-state index < -0.39 is 4.92 Å². The molecule has 0 fully saturated rings. The average molecular weight is 193 g/mol. The van der Waals surface area contributed by atoms with E-state index in [2.05, 4.69) is 6.07 Å². The standard InChI is InChI=1S/C6H4NO2.Mn.O/c8-7(9)6-4-2-1-3-5-6;;/h2-5H;;. The number of nitro benzene ring substituents is 1. The number of hydrogen-bond donors (Lipinski definition) is 0. The third-order valence-corrected chi connectivity index (χ3v) is 0.911. The molecule has 0 heterocycles. The molecular formula is C6H4MnNO3. The summed E-state index contributed by atoms with van der Waals surface area (Å²) in [5.41, 5.74) is 0.105. The molecule has 1 rings (SSSR count). The fourth-order valence-corrected chi connectivity index (χ4v) is 0.500. The van der Waals surface area contributed by atoms with Crippen molar-refractivity contribution >= 4 is 5.69 Å². The van der Waals surface area contributed by atoms with Gasteiger partial charge in [0.2, 0.25) is 0 Å². The van der Waals surface area contributed by atoms with Crippen molar-refractivity contribution in [1.29, 1.82) is 0 Å². The second kappa shape index (κ2) is 5.70. The van der Waals surface area contributed by atoms with Gasteiger partial charge in [0.1, 0.15) is 0 Å². The van der Waals surface area contributed by atoms with Gasteiger partial charge in [-0.1, -0.05) is 0 Å². The molecule has 0 aliphatic carbocycles. The summed E-state index contributed by atoms with van der Waals surface area (Å²) in [7, 11) is 0. The number of hydrogen-bond acceptors (Lipinski definition) is 3. The third-order valence-electron chi connectivity index (χ3n) is 0.911. The first-order chi connectivity index (χ1) is 5.30. The zero-order valence-electron chi connectivity index (χ0n) is 5.36. The molecule has 0 aliphatic heterocycles. The van der Waals surface area contributed by atoms with Crippen LogP contribution in [0, 0.1) is 16.2 Å². The van der Waals surface area contributed by atoms with Gasteiger partial charge >= 0.3 is 19.8 Å². The van der Waals surface area contributed by atoms with Gasteiger partial charge in [-0.25, -0.2) is 0 Å². The number of nitrogens with zero attached hydrogens (tertiary/aromatic N) is 1. The Bertz CT molecular complexity index is 227. The van der Waals surface area contributed by atoms with Crippen LogP contribution < -0.4 is 0 Å². The molecule has 0 aromatic heterocycles. The summed E-state index contributed by atoms with van der Waals surface area (Å²) in [5.74, 6) is 0. The fourth-order valence-electron chi connectivity index (χ4n) is 0.500. The maximum absolute atomic E-state index is 9.99. The third kappa shape index (κ3) is 3.60. The normalized spacial score (nSPS) is 7.64. The number of rotatable bonds is 1. The van der Waals surface area contributed by atoms with Crippen LogP contribution in [0.1, 0.15) is 0 Å². The molecule has 0 unspecified atom stereocenters. The van der Waals surface area contributed by atoms with Gasteiger partial charge < -0.3 is 0 Å². The van der Waals surface area contributed by atoms with Crippen molar-refractivity contribution in [1.82, 2.24) is 0 Å². The second-order valence-corrected chi connectivity index (χ2v) is 1.52. The van der Waals surface area contributed by atoms with Crippen LogP contribution in [0.3, 0.4) is 0 Å². The molecule has 58 valence electrons. The molecule has 0 atom stereocenters. The Hall–Kier alpha value is -1.06. The van der Waals surface area contributed by atoms with E-state index in [9.17, 15) is 10.1 Å². The van der Waals surface area contributed by atoms with Crippen molar-refractivity contribution in [2.45, 2.75) is 0 Å². The van der Waals surface area contributed by atoms with E-state index in [-0.39, 0.29) is 5.69 Å². The van der Waals surface area contributed by atoms with Crippen molar-refractivity contribution in [3.05, 3.63) is 40.4 Å². The SMILES string of the molecule is O=[N+]([O-])c1cc[c]cc1.[O]=[Mn]. The van der Waals surface area contributed by atoms with Gasteiger partial charge in [-0.2, -0.15) is 0 Å². The van der Waals surface area contributed by atoms with Gasteiger partial charge in [0.15, 0.2) is 0 Å². The molecule has 11 heavy (non-hydrogen) atoms. The van der Waals surface area contributed by atoms with E-state index in [1.54, 1.807) is 15.9 Å². The fraction of sp³-hybridized carbons (Fsp3) is 0. The molecule has 1 aromatic carbocycles. The van der Waals surface area contributed by atoms with Gasteiger partial charge in [0, 0.05) is 12.1 Å². The Morgan fingerprint density at radius 3 is 2.09 bits per heavy atom. The van der Waals surface area contributed by atoms with Crippen LogP contribution in [0.15, 0.2) is 24.3 Å². The summed E-state index contributed by atoms with van der Waals surface area (Å²) in [4.78, 5) is 9.56. The van der Waals surface area contributed by atoms with Crippen LogP contribution in [-0.2, 0) is 19.8 Å². The van der Waals surface area contributed by atoms with Crippen molar-refractivity contribution in [3.8, 4) is 0 Å². The van der Waals surface area contributed by atoms with Crippen LogP contribution in [0.25, 0.3) is 0 Å². The van der Waals surface area contributed by atoms with E-state index in [0.717, 1.165) is 0 Å². The average Bonchev–Trinajstić information content (AvgIpc) is 2.10. The van der Waals surface area contributed by atoms with Crippen LogP contribution in [-0.4, -0.2) is 4.92 Å². The molecule has 0 aliphatic rings. The maximum atomic E-state index is 9.99. The van der Waals surface area contributed by atoms with E-state index in [4.69, 9.17) is 3.83 Å². The molecule has 0 amide bonds. The van der Waals surface area contributed by atoms with Crippen molar-refractivity contribution < 1.29 is 24.7 Å². The van der Waals surface area contributed by atoms with Gasteiger partial charge in [0.25, 0.3) is 5.69 Å². The summed E-state index contributed by atoms with van der Waals surface area (Å²) in [6.45, 7) is 0. The quantitative estimate of drug-likeness (QED) is 0.383. The zero-order chi connectivity index (χ0) is 8.69. The van der Waals surface area contributed by atoms with Crippen LogP contribution >= 0.6 is 0 Å². The summed E-state index contributed by atoms with van der Waals surface area (Å²) in [6, 6.07) is 8.51. The minimum absolute atomic E-state index is 0.105. The Morgan fingerprint density at radius 1 is 1.36 bits per heavy atom. The molecule has 0 spiro atoms. The number of non-ortho nitro benzene ring substituents is 1. The minimum atomic E-state index is -0.437. The zero-order valence-corrected chi connectivity index (χ0v) is 6.54. The van der Waals surface area contributed by atoms with Gasteiger partial charge in [0.05, 0.1) is 4.92 Å². The van der Waals surface area contributed by atoms with Gasteiger partial charge in [-0.05, 0) is 18.2 Å². The van der Waals surface area contributed by atoms with Crippen LogP contribution in [0.5, 0.6) is 0 Å². The molecule has 0 saturated carbocycles. The molecule has 5 heteroatoms. The van der Waals surface area contributed by atoms with E-state index in [1.165, 1.54) is 24.3 Å². The summed E-state index contributed by atoms with van der Waals surface area (Å²) < 4.78 is 8.06. The molecule has 1 aromatic rings. The molecular weight excluding hydrogens is 189 g/mol. The summed E-state index contributed by atoms with van der Waals surface area (Å²) in [5, 5.41) is 9.99. The molecule has 0 N–H and O–H groups in total. The van der Waals surface area contributed by atoms with E-state index >= 15 is 0 Å². The monoisotopic (exact) mass is 193 g/mol. The molecule has 0 saturated heterocycles.